The molecule has 1 amide bonds. The van der Waals surface area contributed by atoms with Crippen LogP contribution in [0, 0.1) is 11.8 Å². The molecule has 4 atom stereocenters. The zero-order valence-electron chi connectivity index (χ0n) is 19.6. The first-order chi connectivity index (χ1) is 16.8. The number of piperidine rings is 1. The Morgan fingerprint density at radius 3 is 2.57 bits per heavy atom. The Balaban J connectivity index is 1.27. The van der Waals surface area contributed by atoms with Gasteiger partial charge in [0.2, 0.25) is 10.0 Å². The molecule has 11 heteroatoms. The minimum absolute atomic E-state index is 0.0428. The van der Waals surface area contributed by atoms with E-state index in [1.807, 2.05) is 6.08 Å². The highest BCUT2D eigenvalue weighted by Crippen LogP contribution is 2.33. The SMILES string of the molecule is O=C(NCC(NS(=O)(=O)c1ccccc1)C(=O)O)C1=CC2CC(OCC3CCNCC3)CCC2N1. The highest BCUT2D eigenvalue weighted by atomic mass is 32.2. The number of sulfonamides is 1. The van der Waals surface area contributed by atoms with E-state index < -0.39 is 27.9 Å². The highest BCUT2D eigenvalue weighted by molar-refractivity contribution is 7.89. The van der Waals surface area contributed by atoms with E-state index in [2.05, 4.69) is 20.7 Å². The average Bonchev–Trinajstić information content (AvgIpc) is 3.30. The Bertz CT molecular complexity index is 1030. The van der Waals surface area contributed by atoms with E-state index in [4.69, 9.17) is 4.74 Å². The number of fused-ring (bicyclic) bond motifs is 1. The van der Waals surface area contributed by atoms with Gasteiger partial charge < -0.3 is 25.8 Å². The maximum atomic E-state index is 12.7. The highest BCUT2D eigenvalue weighted by Gasteiger charge is 2.36. The smallest absolute Gasteiger partial charge is 0.323 e. The van der Waals surface area contributed by atoms with Crippen LogP contribution in [0.25, 0.3) is 0 Å². The largest absolute Gasteiger partial charge is 0.480 e. The van der Waals surface area contributed by atoms with Crippen molar-refractivity contribution in [3.05, 3.63) is 42.1 Å². The summed E-state index contributed by atoms with van der Waals surface area (Å²) in [5.74, 6) is -1.04. The monoisotopic (exact) mass is 506 g/mol. The second-order valence-electron chi connectivity index (χ2n) is 9.49. The number of carbonyl (C=O) groups excluding carboxylic acids is 1. The summed E-state index contributed by atoms with van der Waals surface area (Å²) in [6.45, 7) is 2.50. The molecule has 0 bridgehead atoms. The topological polar surface area (TPSA) is 146 Å². The molecule has 0 radical (unpaired) electrons. The minimum Gasteiger partial charge on any atom is -0.480 e. The van der Waals surface area contributed by atoms with Crippen molar-refractivity contribution >= 4 is 21.9 Å². The quantitative estimate of drug-likeness (QED) is 0.310. The summed E-state index contributed by atoms with van der Waals surface area (Å²) in [6.07, 6.45) is 7.02. The predicted molar refractivity (Wildman–Crippen MR) is 129 cm³/mol. The molecule has 5 N–H and O–H groups in total. The number of ether oxygens (including phenoxy) is 1. The zero-order valence-corrected chi connectivity index (χ0v) is 20.4. The van der Waals surface area contributed by atoms with E-state index in [-0.39, 0.29) is 29.5 Å². The number of carbonyl (C=O) groups is 2. The summed E-state index contributed by atoms with van der Waals surface area (Å²) in [6, 6.07) is 6.16. The van der Waals surface area contributed by atoms with Crippen LogP contribution in [-0.4, -0.2) is 69.8 Å². The fourth-order valence-electron chi connectivity index (χ4n) is 4.93. The Morgan fingerprint density at radius 1 is 1.11 bits per heavy atom. The third kappa shape index (κ3) is 6.81. The average molecular weight is 507 g/mol. The van der Waals surface area contributed by atoms with Crippen molar-refractivity contribution in [2.75, 3.05) is 26.2 Å². The Morgan fingerprint density at radius 2 is 1.86 bits per heavy atom. The van der Waals surface area contributed by atoms with Crippen molar-refractivity contribution in [3.63, 3.8) is 0 Å². The summed E-state index contributed by atoms with van der Waals surface area (Å²) in [5.41, 5.74) is 0.397. The summed E-state index contributed by atoms with van der Waals surface area (Å²) in [7, 11) is -4.04. The molecular formula is C24H34N4O6S. The lowest BCUT2D eigenvalue weighted by atomic mass is 9.84. The Labute approximate surface area is 205 Å². The molecule has 4 unspecified atom stereocenters. The van der Waals surface area contributed by atoms with Gasteiger partial charge in [0.1, 0.15) is 6.04 Å². The van der Waals surface area contributed by atoms with Gasteiger partial charge in [-0.05, 0) is 63.2 Å². The van der Waals surface area contributed by atoms with Crippen LogP contribution in [0.15, 0.2) is 47.0 Å². The molecular weight excluding hydrogens is 472 g/mol. The van der Waals surface area contributed by atoms with Crippen molar-refractivity contribution in [2.24, 2.45) is 11.8 Å². The number of rotatable bonds is 10. The number of carboxylic acid groups (broad SMARTS) is 1. The molecule has 1 saturated heterocycles. The molecule has 35 heavy (non-hydrogen) atoms. The normalized spacial score (nSPS) is 25.7. The lowest BCUT2D eigenvalue weighted by molar-refractivity contribution is -0.138. The van der Waals surface area contributed by atoms with E-state index in [9.17, 15) is 23.1 Å². The van der Waals surface area contributed by atoms with Crippen molar-refractivity contribution in [3.8, 4) is 0 Å². The molecule has 1 aromatic carbocycles. The summed E-state index contributed by atoms with van der Waals surface area (Å²) in [5, 5.41) is 18.6. The van der Waals surface area contributed by atoms with Gasteiger partial charge in [0.15, 0.2) is 0 Å². The van der Waals surface area contributed by atoms with Gasteiger partial charge in [-0.2, -0.15) is 4.72 Å². The summed E-state index contributed by atoms with van der Waals surface area (Å²) in [4.78, 5) is 24.3. The van der Waals surface area contributed by atoms with Crippen LogP contribution in [0.4, 0.5) is 0 Å². The van der Waals surface area contributed by atoms with E-state index in [0.717, 1.165) is 51.8 Å². The van der Waals surface area contributed by atoms with Gasteiger partial charge in [-0.15, -0.1) is 0 Å². The van der Waals surface area contributed by atoms with E-state index >= 15 is 0 Å². The van der Waals surface area contributed by atoms with Gasteiger partial charge in [-0.25, -0.2) is 8.42 Å². The van der Waals surface area contributed by atoms with Crippen LogP contribution in [0.2, 0.25) is 0 Å². The Hall–Kier alpha value is -2.47. The number of benzene rings is 1. The number of amides is 1. The summed E-state index contributed by atoms with van der Waals surface area (Å²) < 4.78 is 33.3. The van der Waals surface area contributed by atoms with Gasteiger partial charge in [0.05, 0.1) is 16.7 Å². The van der Waals surface area contributed by atoms with E-state index in [1.54, 1.807) is 18.2 Å². The lowest BCUT2D eigenvalue weighted by Crippen LogP contribution is -2.49. The molecule has 0 spiro atoms. The summed E-state index contributed by atoms with van der Waals surface area (Å²) >= 11 is 0. The molecule has 2 fully saturated rings. The number of aliphatic carboxylic acids is 1. The molecule has 1 aliphatic carbocycles. The zero-order chi connectivity index (χ0) is 24.8. The second-order valence-corrected chi connectivity index (χ2v) is 11.2. The number of hydrogen-bond donors (Lipinski definition) is 5. The third-order valence-corrected chi connectivity index (χ3v) is 8.45. The van der Waals surface area contributed by atoms with Crippen LogP contribution in [0.1, 0.15) is 32.1 Å². The number of nitrogens with one attached hydrogen (secondary N) is 4. The molecule has 0 aromatic heterocycles. The fraction of sp³-hybridized carbons (Fsp3) is 0.583. The molecule has 4 rings (SSSR count). The molecule has 192 valence electrons. The molecule has 2 heterocycles. The van der Waals surface area contributed by atoms with Gasteiger partial charge in [0, 0.05) is 25.1 Å². The van der Waals surface area contributed by atoms with Crippen LogP contribution >= 0.6 is 0 Å². The standard InChI is InChI=1S/C24H34N4O6S/c29-23(26-14-22(24(30)31)28-35(32,33)19-4-2-1-3-5-19)21-13-17-12-18(6-7-20(17)27-21)34-15-16-8-10-25-11-9-16/h1-5,13,16-18,20,22,25,27-28H,6-12,14-15H2,(H,26,29)(H,30,31). The third-order valence-electron chi connectivity index (χ3n) is 6.96. The van der Waals surface area contributed by atoms with Crippen LogP contribution < -0.4 is 20.7 Å². The van der Waals surface area contributed by atoms with Crippen LogP contribution in [-0.2, 0) is 24.3 Å². The molecule has 3 aliphatic rings. The van der Waals surface area contributed by atoms with E-state index in [1.165, 1.54) is 12.1 Å². The molecule has 10 nitrogen and oxygen atoms in total. The van der Waals surface area contributed by atoms with Gasteiger partial charge in [-0.1, -0.05) is 24.3 Å². The predicted octanol–water partition coefficient (Wildman–Crippen LogP) is 0.575. The number of hydrogen-bond acceptors (Lipinski definition) is 7. The van der Waals surface area contributed by atoms with Gasteiger partial charge in [0.25, 0.3) is 5.91 Å². The van der Waals surface area contributed by atoms with Crippen molar-refractivity contribution in [1.29, 1.82) is 0 Å². The Kier molecular flexibility index (Phi) is 8.42. The molecule has 2 aliphatic heterocycles. The maximum absolute atomic E-state index is 12.7. The first kappa shape index (κ1) is 25.6. The maximum Gasteiger partial charge on any atom is 0.323 e. The fourth-order valence-corrected chi connectivity index (χ4v) is 6.14. The van der Waals surface area contributed by atoms with Crippen molar-refractivity contribution in [1.82, 2.24) is 20.7 Å². The molecule has 1 aromatic rings. The first-order valence-electron chi connectivity index (χ1n) is 12.2. The lowest BCUT2D eigenvalue weighted by Gasteiger charge is -2.33. The van der Waals surface area contributed by atoms with Gasteiger partial charge >= 0.3 is 5.97 Å². The van der Waals surface area contributed by atoms with Gasteiger partial charge in [-0.3, -0.25) is 9.59 Å². The molecule has 1 saturated carbocycles. The second kappa shape index (κ2) is 11.5. The minimum atomic E-state index is -4.04. The van der Waals surface area contributed by atoms with Crippen molar-refractivity contribution < 1.29 is 27.9 Å². The van der Waals surface area contributed by atoms with E-state index in [0.29, 0.717) is 11.6 Å². The van der Waals surface area contributed by atoms with Crippen molar-refractivity contribution in [2.45, 2.75) is 55.2 Å². The first-order valence-corrected chi connectivity index (χ1v) is 13.7. The number of carboxylic acids is 1. The van der Waals surface area contributed by atoms with Crippen LogP contribution in [0.3, 0.4) is 0 Å². The van der Waals surface area contributed by atoms with Crippen LogP contribution in [0.5, 0.6) is 0 Å².